The molecule has 0 bridgehead atoms. The lowest BCUT2D eigenvalue weighted by Gasteiger charge is -2.36. The van der Waals surface area contributed by atoms with E-state index in [4.69, 9.17) is 0 Å². The molecule has 1 aliphatic carbocycles. The third-order valence-corrected chi connectivity index (χ3v) is 6.15. The number of hydrogen-bond donors (Lipinski definition) is 0. The highest BCUT2D eigenvalue weighted by atomic mass is 16.2. The van der Waals surface area contributed by atoms with Crippen LogP contribution in [-0.2, 0) is 0 Å². The molecule has 0 amide bonds. The number of carbonyl (C=O) groups excluding carboxylic acids is 2. The van der Waals surface area contributed by atoms with Crippen molar-refractivity contribution >= 4 is 23.0 Å². The number of nitrogens with zero attached hydrogens (tertiary/aromatic N) is 4. The molecule has 6 heteroatoms. The zero-order valence-corrected chi connectivity index (χ0v) is 17.1. The molecule has 0 fully saturated rings. The zero-order chi connectivity index (χ0) is 22.5. The summed E-state index contributed by atoms with van der Waals surface area (Å²) in [6.07, 6.45) is 0. The van der Waals surface area contributed by atoms with E-state index >= 15 is 0 Å². The number of para-hydroxylation sites is 1. The molecule has 0 saturated carbocycles. The molecule has 2 aliphatic rings. The van der Waals surface area contributed by atoms with Crippen molar-refractivity contribution in [2.24, 2.45) is 10.5 Å². The van der Waals surface area contributed by atoms with E-state index in [0.717, 1.165) is 5.56 Å². The minimum absolute atomic E-state index is 0.0841. The van der Waals surface area contributed by atoms with Crippen LogP contribution in [0.5, 0.6) is 0 Å². The summed E-state index contributed by atoms with van der Waals surface area (Å²) in [6, 6.07) is 26.4. The van der Waals surface area contributed by atoms with Gasteiger partial charge in [-0.15, -0.1) is 0 Å². The van der Waals surface area contributed by atoms with Crippen LogP contribution >= 0.6 is 0 Å². The van der Waals surface area contributed by atoms with Crippen LogP contribution in [0.3, 0.4) is 0 Å². The third-order valence-electron chi connectivity index (χ3n) is 6.15. The Morgan fingerprint density at radius 1 is 0.781 bits per heavy atom. The third kappa shape index (κ3) is 2.18. The van der Waals surface area contributed by atoms with Crippen LogP contribution in [0.4, 0.5) is 5.69 Å². The zero-order valence-electron chi connectivity index (χ0n) is 17.1. The van der Waals surface area contributed by atoms with Gasteiger partial charge in [-0.3, -0.25) is 9.59 Å². The highest BCUT2D eigenvalue weighted by Crippen LogP contribution is 2.53. The number of rotatable bonds is 2. The second-order valence-corrected chi connectivity index (χ2v) is 7.85. The molecule has 0 atom stereocenters. The molecule has 1 aliphatic heterocycles. The van der Waals surface area contributed by atoms with E-state index in [0.29, 0.717) is 11.3 Å². The Morgan fingerprint density at radius 3 is 1.84 bits per heavy atom. The molecule has 1 heterocycles. The lowest BCUT2D eigenvalue weighted by molar-refractivity contribution is 0.0758. The largest absolute Gasteiger partial charge is 0.291 e. The minimum atomic E-state index is -2.15. The molecule has 0 N–H and O–H groups in total. The average molecular weight is 416 g/mol. The number of fused-ring (bicyclic) bond motifs is 1. The second kappa shape index (κ2) is 6.73. The molecule has 3 aromatic carbocycles. The van der Waals surface area contributed by atoms with Gasteiger partial charge in [0.2, 0.25) is 22.5 Å². The molecule has 152 valence electrons. The topological polar surface area (TPSA) is 97.3 Å². The van der Waals surface area contributed by atoms with Gasteiger partial charge in [-0.25, -0.2) is 5.01 Å². The number of Topliss-reactive ketones (excluding diaryl/α,β-unsaturated/α-hetero) is 2. The summed E-state index contributed by atoms with van der Waals surface area (Å²) in [5.41, 5.74) is -1.90. The van der Waals surface area contributed by atoms with Gasteiger partial charge < -0.3 is 0 Å². The molecule has 0 unspecified atom stereocenters. The van der Waals surface area contributed by atoms with E-state index in [-0.39, 0.29) is 16.8 Å². The number of carbonyl (C=O) groups is 2. The summed E-state index contributed by atoms with van der Waals surface area (Å²) in [7, 11) is 0. The summed E-state index contributed by atoms with van der Waals surface area (Å²) in [5.74, 6) is -1.20. The van der Waals surface area contributed by atoms with E-state index in [1.165, 1.54) is 5.01 Å². The van der Waals surface area contributed by atoms with Crippen molar-refractivity contribution in [2.75, 3.05) is 5.01 Å². The van der Waals surface area contributed by atoms with E-state index in [1.807, 2.05) is 31.2 Å². The number of ketones is 2. The molecule has 1 spiro atoms. The lowest BCUT2D eigenvalue weighted by atomic mass is 9.64. The van der Waals surface area contributed by atoms with E-state index in [1.54, 1.807) is 66.7 Å². The Kier molecular flexibility index (Phi) is 4.08. The Balaban J connectivity index is 1.87. The van der Waals surface area contributed by atoms with Gasteiger partial charge in [0.1, 0.15) is 5.71 Å². The molecular formula is C26H16N4O2. The van der Waals surface area contributed by atoms with Gasteiger partial charge >= 0.3 is 0 Å². The van der Waals surface area contributed by atoms with Gasteiger partial charge in [-0.1, -0.05) is 72.3 Å². The van der Waals surface area contributed by atoms with Crippen molar-refractivity contribution < 1.29 is 9.59 Å². The van der Waals surface area contributed by atoms with Crippen molar-refractivity contribution in [3.8, 4) is 12.1 Å². The maximum atomic E-state index is 13.9. The van der Waals surface area contributed by atoms with Gasteiger partial charge in [0, 0.05) is 16.7 Å². The molecule has 5 rings (SSSR count). The SMILES string of the molecule is Cc1ccc(C2=NN(c3ccccc3)C3(C(=O)c4ccccc4C3=O)C2(C#N)C#N)cc1. The first-order valence-electron chi connectivity index (χ1n) is 10.0. The summed E-state index contributed by atoms with van der Waals surface area (Å²) in [6.45, 7) is 1.92. The van der Waals surface area contributed by atoms with Crippen LogP contribution in [0.15, 0.2) is 84.0 Å². The Labute approximate surface area is 184 Å². The monoisotopic (exact) mass is 416 g/mol. The second-order valence-electron chi connectivity index (χ2n) is 7.85. The van der Waals surface area contributed by atoms with Crippen LogP contribution in [0, 0.1) is 35.0 Å². The number of hydrazone groups is 1. The first kappa shape index (κ1) is 19.4. The molecule has 6 nitrogen and oxygen atoms in total. The predicted octanol–water partition coefficient (Wildman–Crippen LogP) is 4.07. The van der Waals surface area contributed by atoms with Gasteiger partial charge in [0.05, 0.1) is 17.8 Å². The first-order valence-corrected chi connectivity index (χ1v) is 10.0. The number of anilines is 1. The van der Waals surface area contributed by atoms with E-state index in [2.05, 4.69) is 5.10 Å². The van der Waals surface area contributed by atoms with E-state index < -0.39 is 22.5 Å². The number of aryl methyl sites for hydroxylation is 1. The molecule has 0 saturated heterocycles. The fourth-order valence-corrected chi connectivity index (χ4v) is 4.58. The standard InChI is InChI=1S/C26H16N4O2/c1-17-11-13-18(14-12-17)22-25(15-27,16-28)26(30(29-22)19-7-3-2-4-8-19)23(31)20-9-5-6-10-21(20)24(26)32/h2-14H,1H3. The van der Waals surface area contributed by atoms with Crippen LogP contribution in [0.2, 0.25) is 0 Å². The Bertz CT molecular complexity index is 1340. The minimum Gasteiger partial charge on any atom is -0.291 e. The summed E-state index contributed by atoms with van der Waals surface area (Å²) in [5, 5.41) is 26.8. The normalized spacial score (nSPS) is 17.6. The molecule has 32 heavy (non-hydrogen) atoms. The highest BCUT2D eigenvalue weighted by molar-refractivity contribution is 6.39. The molecular weight excluding hydrogens is 400 g/mol. The Morgan fingerprint density at radius 2 is 1.31 bits per heavy atom. The van der Waals surface area contributed by atoms with Crippen LogP contribution in [0.25, 0.3) is 0 Å². The van der Waals surface area contributed by atoms with Gasteiger partial charge in [-0.05, 0) is 19.1 Å². The number of benzene rings is 3. The fourth-order valence-electron chi connectivity index (χ4n) is 4.58. The Hall–Kier alpha value is -4.55. The van der Waals surface area contributed by atoms with Crippen LogP contribution < -0.4 is 5.01 Å². The molecule has 0 radical (unpaired) electrons. The molecule has 0 aromatic heterocycles. The summed E-state index contributed by atoms with van der Waals surface area (Å²) < 4.78 is 0. The maximum absolute atomic E-state index is 13.9. The van der Waals surface area contributed by atoms with Crippen molar-refractivity contribution in [1.82, 2.24) is 0 Å². The van der Waals surface area contributed by atoms with Gasteiger partial charge in [0.25, 0.3) is 0 Å². The van der Waals surface area contributed by atoms with Crippen molar-refractivity contribution in [2.45, 2.75) is 12.5 Å². The van der Waals surface area contributed by atoms with Crippen LogP contribution in [0.1, 0.15) is 31.8 Å². The van der Waals surface area contributed by atoms with Crippen molar-refractivity contribution in [1.29, 1.82) is 10.5 Å². The van der Waals surface area contributed by atoms with Gasteiger partial charge in [-0.2, -0.15) is 15.6 Å². The summed E-state index contributed by atoms with van der Waals surface area (Å²) in [4.78, 5) is 27.9. The number of hydrogen-bond acceptors (Lipinski definition) is 6. The average Bonchev–Trinajstić information content (AvgIpc) is 3.27. The lowest BCUT2D eigenvalue weighted by Crippen LogP contribution is -2.63. The number of nitriles is 2. The smallest absolute Gasteiger partial charge is 0.227 e. The van der Waals surface area contributed by atoms with Crippen molar-refractivity contribution in [3.05, 3.63) is 101 Å². The maximum Gasteiger partial charge on any atom is 0.227 e. The van der Waals surface area contributed by atoms with Gasteiger partial charge in [0.15, 0.2) is 0 Å². The summed E-state index contributed by atoms with van der Waals surface area (Å²) >= 11 is 0. The highest BCUT2D eigenvalue weighted by Gasteiger charge is 2.75. The van der Waals surface area contributed by atoms with Crippen LogP contribution in [-0.4, -0.2) is 22.8 Å². The fraction of sp³-hybridized carbons (Fsp3) is 0.115. The quantitative estimate of drug-likeness (QED) is 0.587. The predicted molar refractivity (Wildman–Crippen MR) is 118 cm³/mol. The molecule has 3 aromatic rings. The first-order chi connectivity index (χ1) is 15.5. The van der Waals surface area contributed by atoms with E-state index in [9.17, 15) is 20.1 Å². The van der Waals surface area contributed by atoms with Crippen molar-refractivity contribution in [3.63, 3.8) is 0 Å².